The lowest BCUT2D eigenvalue weighted by atomic mass is 10.2. The summed E-state index contributed by atoms with van der Waals surface area (Å²) in [5.74, 6) is -0.202. The smallest absolute Gasteiger partial charge is 0.382 e. The van der Waals surface area contributed by atoms with Gasteiger partial charge in [0.25, 0.3) is 0 Å². The number of halogens is 5. The topological polar surface area (TPSA) is 137 Å². The Morgan fingerprint density at radius 3 is 2.38 bits per heavy atom. The Hall–Kier alpha value is -3.40. The molecule has 0 aliphatic rings. The number of para-hydroxylation sites is 1. The SMILES string of the molecule is CS(=O)(=O)CCNc1nc(Cn2nc(-c3ccc(Cl)cc3)n(CC(O)C(F)(F)F)c2=O)nn1-c1ccccc1Cl. The van der Waals surface area contributed by atoms with Gasteiger partial charge < -0.3 is 10.4 Å². The van der Waals surface area contributed by atoms with Crippen molar-refractivity contribution < 1.29 is 26.7 Å². The molecular formula is C23H22Cl2F3N7O4S. The maximum Gasteiger partial charge on any atom is 0.416 e. The van der Waals surface area contributed by atoms with Gasteiger partial charge in [-0.05, 0) is 36.4 Å². The van der Waals surface area contributed by atoms with Gasteiger partial charge >= 0.3 is 11.9 Å². The first-order chi connectivity index (χ1) is 18.7. The summed E-state index contributed by atoms with van der Waals surface area (Å²) in [5, 5.41) is 21.8. The minimum Gasteiger partial charge on any atom is -0.382 e. The molecular weight excluding hydrogens is 598 g/mol. The van der Waals surface area contributed by atoms with Crippen molar-refractivity contribution in [2.75, 3.05) is 23.9 Å². The number of hydrogen-bond acceptors (Lipinski definition) is 8. The van der Waals surface area contributed by atoms with Crippen molar-refractivity contribution in [2.45, 2.75) is 25.4 Å². The third-order valence-corrected chi connectivity index (χ3v) is 7.05. The summed E-state index contributed by atoms with van der Waals surface area (Å²) in [6.07, 6.45) is -6.71. The first-order valence-corrected chi connectivity index (χ1v) is 14.4. The average Bonchev–Trinajstić information content (AvgIpc) is 3.39. The van der Waals surface area contributed by atoms with Crippen LogP contribution < -0.4 is 11.0 Å². The van der Waals surface area contributed by atoms with Crippen LogP contribution in [0.5, 0.6) is 0 Å². The van der Waals surface area contributed by atoms with Crippen LogP contribution in [0, 0.1) is 0 Å². The fraction of sp³-hybridized carbons (Fsp3) is 0.304. The molecule has 2 aromatic carbocycles. The zero-order valence-corrected chi connectivity index (χ0v) is 23.0. The lowest BCUT2D eigenvalue weighted by Crippen LogP contribution is -2.37. The van der Waals surface area contributed by atoms with E-state index in [2.05, 4.69) is 20.5 Å². The van der Waals surface area contributed by atoms with E-state index in [1.807, 2.05) is 0 Å². The average molecular weight is 620 g/mol. The summed E-state index contributed by atoms with van der Waals surface area (Å²) < 4.78 is 65.4. The highest BCUT2D eigenvalue weighted by Gasteiger charge is 2.39. The third-order valence-electron chi connectivity index (χ3n) is 5.54. The van der Waals surface area contributed by atoms with Crippen LogP contribution in [-0.2, 0) is 22.9 Å². The van der Waals surface area contributed by atoms with Gasteiger partial charge in [-0.15, -0.1) is 10.2 Å². The molecule has 2 aromatic heterocycles. The molecule has 11 nitrogen and oxygen atoms in total. The number of anilines is 1. The van der Waals surface area contributed by atoms with E-state index in [-0.39, 0.29) is 42.0 Å². The lowest BCUT2D eigenvalue weighted by Gasteiger charge is -2.15. The van der Waals surface area contributed by atoms with Crippen LogP contribution in [0.15, 0.2) is 53.3 Å². The van der Waals surface area contributed by atoms with E-state index in [4.69, 9.17) is 23.2 Å². The van der Waals surface area contributed by atoms with E-state index in [1.54, 1.807) is 24.3 Å². The van der Waals surface area contributed by atoms with Crippen molar-refractivity contribution in [1.82, 2.24) is 29.1 Å². The Bertz CT molecular complexity index is 1670. The number of alkyl halides is 3. The number of hydrogen-bond donors (Lipinski definition) is 2. The number of nitrogens with zero attached hydrogens (tertiary/aromatic N) is 6. The molecule has 0 fully saturated rings. The molecule has 4 aromatic rings. The van der Waals surface area contributed by atoms with Crippen LogP contribution in [0.1, 0.15) is 5.82 Å². The second-order valence-corrected chi connectivity index (χ2v) is 11.8. The fourth-order valence-corrected chi connectivity index (χ4v) is 4.42. The van der Waals surface area contributed by atoms with Crippen molar-refractivity contribution in [2.24, 2.45) is 0 Å². The molecule has 0 spiro atoms. The van der Waals surface area contributed by atoms with E-state index < -0.39 is 34.4 Å². The van der Waals surface area contributed by atoms with Crippen LogP contribution in [0.25, 0.3) is 17.1 Å². The molecule has 1 atom stereocenters. The summed E-state index contributed by atoms with van der Waals surface area (Å²) in [4.78, 5) is 17.5. The van der Waals surface area contributed by atoms with Crippen LogP contribution in [-0.4, -0.2) is 73.5 Å². The van der Waals surface area contributed by atoms with Crippen molar-refractivity contribution in [1.29, 1.82) is 0 Å². The number of aliphatic hydroxyl groups excluding tert-OH is 1. The summed E-state index contributed by atoms with van der Waals surface area (Å²) in [5.41, 5.74) is -0.265. The van der Waals surface area contributed by atoms with Crippen LogP contribution in [0.4, 0.5) is 19.1 Å². The van der Waals surface area contributed by atoms with Crippen molar-refractivity contribution in [3.05, 3.63) is 74.9 Å². The molecule has 214 valence electrons. The minimum atomic E-state index is -4.97. The molecule has 0 aliphatic heterocycles. The summed E-state index contributed by atoms with van der Waals surface area (Å²) in [6, 6.07) is 12.5. The Morgan fingerprint density at radius 1 is 1.07 bits per heavy atom. The van der Waals surface area contributed by atoms with Gasteiger partial charge in [0.05, 0.1) is 23.0 Å². The van der Waals surface area contributed by atoms with E-state index in [9.17, 15) is 31.5 Å². The Morgan fingerprint density at radius 2 is 1.75 bits per heavy atom. The molecule has 0 saturated heterocycles. The van der Waals surface area contributed by atoms with Crippen molar-refractivity contribution in [3.8, 4) is 17.1 Å². The van der Waals surface area contributed by atoms with Gasteiger partial charge in [0.1, 0.15) is 16.4 Å². The van der Waals surface area contributed by atoms with Crippen molar-refractivity contribution >= 4 is 39.0 Å². The quantitative estimate of drug-likeness (QED) is 0.276. The molecule has 17 heteroatoms. The van der Waals surface area contributed by atoms with E-state index in [0.29, 0.717) is 20.3 Å². The first-order valence-electron chi connectivity index (χ1n) is 11.5. The minimum absolute atomic E-state index is 0.00790. The molecule has 0 saturated carbocycles. The number of benzene rings is 2. The van der Waals surface area contributed by atoms with E-state index in [1.165, 1.54) is 28.9 Å². The highest BCUT2D eigenvalue weighted by atomic mass is 35.5. The Balaban J connectivity index is 1.74. The first kappa shape index (κ1) is 29.6. The monoisotopic (exact) mass is 619 g/mol. The zero-order valence-electron chi connectivity index (χ0n) is 20.7. The maximum absolute atomic E-state index is 13.2. The highest BCUT2D eigenvalue weighted by Crippen LogP contribution is 2.25. The molecule has 1 unspecified atom stereocenters. The molecule has 0 amide bonds. The second-order valence-electron chi connectivity index (χ2n) is 8.71. The molecule has 0 bridgehead atoms. The largest absolute Gasteiger partial charge is 0.416 e. The normalized spacial score (nSPS) is 13.0. The molecule has 0 aliphatic carbocycles. The van der Waals surface area contributed by atoms with Crippen LogP contribution in [0.3, 0.4) is 0 Å². The molecule has 0 radical (unpaired) electrons. The fourth-order valence-electron chi connectivity index (χ4n) is 3.61. The number of aliphatic hydroxyl groups is 1. The summed E-state index contributed by atoms with van der Waals surface area (Å²) >= 11 is 12.2. The number of nitrogens with one attached hydrogen (secondary N) is 1. The standard InChI is InChI=1S/C23H22Cl2F3N7O4S/c1-40(38,39)11-10-29-21-30-19(31-35(21)17-5-3-2-4-16(17)25)13-34-22(37)33(12-18(36)23(26,27)28)20(32-34)14-6-8-15(24)9-7-14/h2-9,18,36H,10-13H2,1H3,(H,29,30,31). The lowest BCUT2D eigenvalue weighted by molar-refractivity contribution is -0.207. The molecule has 4 rings (SSSR count). The Kier molecular flexibility index (Phi) is 8.58. The predicted octanol–water partition coefficient (Wildman–Crippen LogP) is 3.03. The van der Waals surface area contributed by atoms with Gasteiger partial charge in [-0.2, -0.15) is 22.8 Å². The van der Waals surface area contributed by atoms with Gasteiger partial charge in [0.15, 0.2) is 17.8 Å². The number of aromatic nitrogens is 6. The highest BCUT2D eigenvalue weighted by molar-refractivity contribution is 7.90. The van der Waals surface area contributed by atoms with Gasteiger partial charge in [-0.3, -0.25) is 4.57 Å². The van der Waals surface area contributed by atoms with E-state index >= 15 is 0 Å². The molecule has 2 N–H and O–H groups in total. The second kappa shape index (κ2) is 11.6. The number of rotatable bonds is 10. The van der Waals surface area contributed by atoms with Gasteiger partial charge in [-0.25, -0.2) is 17.9 Å². The summed E-state index contributed by atoms with van der Waals surface area (Å²) in [7, 11) is -3.29. The van der Waals surface area contributed by atoms with E-state index in [0.717, 1.165) is 10.9 Å². The molecule has 40 heavy (non-hydrogen) atoms. The number of sulfone groups is 1. The van der Waals surface area contributed by atoms with Gasteiger partial charge in [0.2, 0.25) is 5.95 Å². The predicted molar refractivity (Wildman–Crippen MR) is 143 cm³/mol. The molecule has 2 heterocycles. The van der Waals surface area contributed by atoms with Crippen LogP contribution >= 0.6 is 23.2 Å². The van der Waals surface area contributed by atoms with Gasteiger partial charge in [-0.1, -0.05) is 35.3 Å². The van der Waals surface area contributed by atoms with Gasteiger partial charge in [0, 0.05) is 23.4 Å². The van der Waals surface area contributed by atoms with Crippen LogP contribution in [0.2, 0.25) is 10.0 Å². The summed E-state index contributed by atoms with van der Waals surface area (Å²) in [6.45, 7) is -1.47. The maximum atomic E-state index is 13.2. The van der Waals surface area contributed by atoms with Crippen molar-refractivity contribution in [3.63, 3.8) is 0 Å². The third kappa shape index (κ3) is 7.02. The Labute approximate surface area is 235 Å². The zero-order chi connectivity index (χ0) is 29.2.